The van der Waals surface area contributed by atoms with Crippen molar-refractivity contribution in [2.24, 2.45) is 0 Å². The average Bonchev–Trinajstić information content (AvgIpc) is 2.51. The summed E-state index contributed by atoms with van der Waals surface area (Å²) in [5.41, 5.74) is 0. The molecule has 0 radical (unpaired) electrons. The van der Waals surface area contributed by atoms with Gasteiger partial charge in [-0.3, -0.25) is 0 Å². The van der Waals surface area contributed by atoms with Gasteiger partial charge in [-0.2, -0.15) is 35.1 Å². The van der Waals surface area contributed by atoms with Gasteiger partial charge in [-0.05, 0) is 0 Å². The maximum Gasteiger partial charge on any atom is 0.412 e. The third-order valence-corrected chi connectivity index (χ3v) is 2.19. The lowest BCUT2D eigenvalue weighted by molar-refractivity contribution is -0.0826. The average molecular weight is 418 g/mol. The Kier molecular flexibility index (Phi) is 10.4. The van der Waals surface area contributed by atoms with Crippen molar-refractivity contribution in [1.82, 2.24) is 0 Å². The highest BCUT2D eigenvalue weighted by molar-refractivity contribution is 5.00. The van der Waals surface area contributed by atoms with Crippen LogP contribution in [0.3, 0.4) is 0 Å². The Labute approximate surface area is 146 Å². The lowest BCUT2D eigenvalue weighted by Crippen LogP contribution is -2.01. The fourth-order valence-corrected chi connectivity index (χ4v) is 1.07. The lowest BCUT2D eigenvalue weighted by Gasteiger charge is -2.05. The van der Waals surface area contributed by atoms with E-state index in [4.69, 9.17) is 0 Å². The lowest BCUT2D eigenvalue weighted by atomic mass is 10.4. The summed E-state index contributed by atoms with van der Waals surface area (Å²) in [6, 6.07) is -4.41. The molecule has 0 aliphatic heterocycles. The number of alkyl halides is 6. The van der Waals surface area contributed by atoms with Gasteiger partial charge >= 0.3 is 24.4 Å². The van der Waals surface area contributed by atoms with E-state index in [1.165, 1.54) is 0 Å². The zero-order valence-electron chi connectivity index (χ0n) is 13.1. The first-order chi connectivity index (χ1) is 12.3. The summed E-state index contributed by atoms with van der Waals surface area (Å²) in [6.45, 7) is -1.52. The molecule has 0 aliphatic rings. The number of rotatable bonds is 10. The first kappa shape index (κ1) is 24.7. The van der Waals surface area contributed by atoms with Crippen LogP contribution in [-0.4, -0.2) is 25.6 Å². The van der Waals surface area contributed by atoms with Crippen molar-refractivity contribution < 1.29 is 58.1 Å². The fraction of sp³-hybridized carbons (Fsp3) is 0.429. The van der Waals surface area contributed by atoms with Gasteiger partial charge in [0.15, 0.2) is 11.7 Å². The molecule has 0 N–H and O–H groups in total. The second kappa shape index (κ2) is 11.4. The quantitative estimate of drug-likeness (QED) is 0.241. The van der Waals surface area contributed by atoms with Crippen LogP contribution in [0.1, 0.15) is 12.8 Å². The van der Waals surface area contributed by atoms with Crippen LogP contribution in [0.2, 0.25) is 0 Å². The molecule has 0 aliphatic carbocycles. The zero-order valence-corrected chi connectivity index (χ0v) is 13.1. The predicted molar refractivity (Wildman–Crippen MR) is 71.1 cm³/mol. The van der Waals surface area contributed by atoms with Crippen molar-refractivity contribution in [3.05, 3.63) is 48.4 Å². The number of ether oxygens (including phenoxy) is 3. The Hall–Kier alpha value is -2.34. The molecule has 0 atom stereocenters. The van der Waals surface area contributed by atoms with Crippen LogP contribution in [-0.2, 0) is 14.2 Å². The standard InChI is InChI=1S/C14H12F10O3/c15-9(1-5-25-7-3-13(19,20)21)11(17)27-12(18)10(16)2-6-26-8-4-14(22,23)24/h3-4,7-8H,1-2,5-6H2. The molecule has 27 heavy (non-hydrogen) atoms. The fourth-order valence-electron chi connectivity index (χ4n) is 1.07. The van der Waals surface area contributed by atoms with Crippen LogP contribution in [0, 0.1) is 0 Å². The van der Waals surface area contributed by atoms with Crippen LogP contribution in [0.25, 0.3) is 0 Å². The molecule has 0 aromatic heterocycles. The summed E-state index contributed by atoms with van der Waals surface area (Å²) in [5, 5.41) is 0. The Morgan fingerprint density at radius 1 is 0.630 bits per heavy atom. The van der Waals surface area contributed by atoms with Gasteiger partial charge in [0.2, 0.25) is 0 Å². The molecular formula is C14H12F10O3. The van der Waals surface area contributed by atoms with Crippen LogP contribution in [0.5, 0.6) is 0 Å². The highest BCUT2D eigenvalue weighted by Gasteiger charge is 2.23. The molecule has 0 aromatic rings. The van der Waals surface area contributed by atoms with E-state index in [1.54, 1.807) is 0 Å². The molecule has 0 bridgehead atoms. The van der Waals surface area contributed by atoms with E-state index in [1.807, 2.05) is 0 Å². The maximum absolute atomic E-state index is 13.1. The summed E-state index contributed by atoms with van der Waals surface area (Å²) in [7, 11) is 0. The first-order valence-electron chi connectivity index (χ1n) is 6.80. The Bertz CT molecular complexity index is 523. The molecular weight excluding hydrogens is 406 g/mol. The highest BCUT2D eigenvalue weighted by atomic mass is 19.4. The summed E-state index contributed by atoms with van der Waals surface area (Å²) < 4.78 is 135. The largest absolute Gasteiger partial charge is 0.501 e. The van der Waals surface area contributed by atoms with E-state index in [0.717, 1.165) is 0 Å². The van der Waals surface area contributed by atoms with Crippen molar-refractivity contribution in [2.45, 2.75) is 25.2 Å². The van der Waals surface area contributed by atoms with Crippen molar-refractivity contribution in [3.8, 4) is 0 Å². The maximum atomic E-state index is 13.1. The van der Waals surface area contributed by atoms with Gasteiger partial charge in [0, 0.05) is 12.8 Å². The molecule has 0 saturated carbocycles. The SMILES string of the molecule is FC(CCOC=CC(F)(F)F)=C(F)OC(F)=C(F)CCOC=CC(F)(F)F. The van der Waals surface area contributed by atoms with E-state index in [-0.39, 0.29) is 24.7 Å². The van der Waals surface area contributed by atoms with E-state index < -0.39 is 62.1 Å². The summed E-state index contributed by atoms with van der Waals surface area (Å²) in [4.78, 5) is 0. The van der Waals surface area contributed by atoms with Gasteiger partial charge in [0.25, 0.3) is 0 Å². The molecule has 0 saturated heterocycles. The third kappa shape index (κ3) is 14.5. The number of hydrogen-bond donors (Lipinski definition) is 0. The minimum Gasteiger partial charge on any atom is -0.501 e. The zero-order chi connectivity index (χ0) is 21.1. The van der Waals surface area contributed by atoms with Gasteiger partial charge in [0.1, 0.15) is 0 Å². The molecule has 0 rings (SSSR count). The van der Waals surface area contributed by atoms with E-state index in [2.05, 4.69) is 14.2 Å². The molecule has 13 heteroatoms. The van der Waals surface area contributed by atoms with Gasteiger partial charge in [0.05, 0.1) is 37.9 Å². The van der Waals surface area contributed by atoms with Crippen LogP contribution in [0.15, 0.2) is 48.4 Å². The molecule has 3 nitrogen and oxygen atoms in total. The molecule has 0 spiro atoms. The van der Waals surface area contributed by atoms with Crippen LogP contribution < -0.4 is 0 Å². The van der Waals surface area contributed by atoms with Crippen molar-refractivity contribution in [2.75, 3.05) is 13.2 Å². The van der Waals surface area contributed by atoms with E-state index >= 15 is 0 Å². The number of hydrogen-bond acceptors (Lipinski definition) is 3. The smallest absolute Gasteiger partial charge is 0.412 e. The van der Waals surface area contributed by atoms with Gasteiger partial charge in [-0.25, -0.2) is 8.78 Å². The van der Waals surface area contributed by atoms with Crippen molar-refractivity contribution in [1.29, 1.82) is 0 Å². The van der Waals surface area contributed by atoms with E-state index in [0.29, 0.717) is 0 Å². The molecule has 0 unspecified atom stereocenters. The second-order valence-electron chi connectivity index (χ2n) is 4.39. The van der Waals surface area contributed by atoms with Crippen molar-refractivity contribution >= 4 is 0 Å². The number of allylic oxidation sites excluding steroid dienone is 2. The minimum absolute atomic E-state index is 0.180. The topological polar surface area (TPSA) is 27.7 Å². The summed E-state index contributed by atoms with van der Waals surface area (Å²) in [6.07, 6.45) is -11.5. The second-order valence-corrected chi connectivity index (χ2v) is 4.39. The van der Waals surface area contributed by atoms with Gasteiger partial charge < -0.3 is 14.2 Å². The Balaban J connectivity index is 4.39. The molecule has 0 fully saturated rings. The molecule has 0 heterocycles. The molecule has 0 aromatic carbocycles. The molecule has 156 valence electrons. The predicted octanol–water partition coefficient (Wildman–Crippen LogP) is 6.18. The Morgan fingerprint density at radius 3 is 1.26 bits per heavy atom. The number of halogens is 10. The summed E-state index contributed by atoms with van der Waals surface area (Å²) in [5.74, 6) is -3.55. The van der Waals surface area contributed by atoms with Gasteiger partial charge in [-0.1, -0.05) is 0 Å². The monoisotopic (exact) mass is 418 g/mol. The van der Waals surface area contributed by atoms with Crippen molar-refractivity contribution in [3.63, 3.8) is 0 Å². The summed E-state index contributed by atoms with van der Waals surface area (Å²) >= 11 is 0. The first-order valence-corrected chi connectivity index (χ1v) is 6.80. The van der Waals surface area contributed by atoms with Crippen LogP contribution >= 0.6 is 0 Å². The van der Waals surface area contributed by atoms with Crippen LogP contribution in [0.4, 0.5) is 43.9 Å². The van der Waals surface area contributed by atoms with E-state index in [9.17, 15) is 43.9 Å². The van der Waals surface area contributed by atoms with Gasteiger partial charge in [-0.15, -0.1) is 0 Å². The third-order valence-electron chi connectivity index (χ3n) is 2.19. The molecule has 0 amide bonds. The normalized spacial score (nSPS) is 15.0. The highest BCUT2D eigenvalue weighted by Crippen LogP contribution is 2.22. The minimum atomic E-state index is -4.67. The Morgan fingerprint density at radius 2 is 0.963 bits per heavy atom.